The van der Waals surface area contributed by atoms with Crippen LogP contribution >= 0.6 is 0 Å². The molecule has 1 aromatic heterocycles. The van der Waals surface area contributed by atoms with Gasteiger partial charge in [0.2, 0.25) is 0 Å². The first-order valence-electron chi connectivity index (χ1n) is 10.0. The fourth-order valence-corrected chi connectivity index (χ4v) is 4.07. The number of aromatic nitrogens is 1. The van der Waals surface area contributed by atoms with Crippen molar-refractivity contribution in [2.24, 2.45) is 0 Å². The highest BCUT2D eigenvalue weighted by Crippen LogP contribution is 2.39. The lowest BCUT2D eigenvalue weighted by molar-refractivity contribution is -0.134. The van der Waals surface area contributed by atoms with Crippen molar-refractivity contribution >= 4 is 23.3 Å². The third-order valence-electron chi connectivity index (χ3n) is 5.71. The summed E-state index contributed by atoms with van der Waals surface area (Å²) in [6.45, 7) is 3.24. The number of amides is 3. The van der Waals surface area contributed by atoms with Gasteiger partial charge < -0.3 is 20.3 Å². The molecule has 2 aromatic rings. The van der Waals surface area contributed by atoms with Crippen LogP contribution in [0.25, 0.3) is 0 Å². The van der Waals surface area contributed by atoms with Crippen LogP contribution in [0.1, 0.15) is 31.2 Å². The molecule has 1 spiro atoms. The Kier molecular flexibility index (Phi) is 5.49. The van der Waals surface area contributed by atoms with Gasteiger partial charge in [0.25, 0.3) is 5.91 Å². The van der Waals surface area contributed by atoms with Crippen molar-refractivity contribution in [2.75, 3.05) is 23.7 Å². The van der Waals surface area contributed by atoms with Crippen molar-refractivity contribution in [3.8, 4) is 0 Å². The molecule has 29 heavy (non-hydrogen) atoms. The van der Waals surface area contributed by atoms with Crippen LogP contribution in [0, 0.1) is 6.92 Å². The molecular formula is C22H26N4O3. The van der Waals surface area contributed by atoms with Crippen LogP contribution in [0.5, 0.6) is 0 Å². The summed E-state index contributed by atoms with van der Waals surface area (Å²) in [6, 6.07) is 11.3. The van der Waals surface area contributed by atoms with E-state index in [1.807, 2.05) is 36.1 Å². The van der Waals surface area contributed by atoms with E-state index in [9.17, 15) is 9.59 Å². The number of aryl methyl sites for hydroxylation is 1. The van der Waals surface area contributed by atoms with E-state index in [0.717, 1.165) is 30.5 Å². The first kappa shape index (κ1) is 19.4. The molecule has 2 fully saturated rings. The normalized spacial score (nSPS) is 20.4. The van der Waals surface area contributed by atoms with Crippen LogP contribution in [-0.4, -0.2) is 46.6 Å². The Morgan fingerprint density at radius 1 is 1.10 bits per heavy atom. The van der Waals surface area contributed by atoms with Gasteiger partial charge in [-0.2, -0.15) is 0 Å². The zero-order chi connectivity index (χ0) is 20.3. The van der Waals surface area contributed by atoms with E-state index in [2.05, 4.69) is 15.6 Å². The second-order valence-corrected chi connectivity index (χ2v) is 7.85. The summed E-state index contributed by atoms with van der Waals surface area (Å²) in [5, 5.41) is 5.83. The Morgan fingerprint density at radius 3 is 2.62 bits per heavy atom. The van der Waals surface area contributed by atoms with Gasteiger partial charge in [-0.25, -0.2) is 4.79 Å². The van der Waals surface area contributed by atoms with Gasteiger partial charge >= 0.3 is 6.03 Å². The molecule has 1 aromatic carbocycles. The van der Waals surface area contributed by atoms with Crippen LogP contribution in [0.2, 0.25) is 0 Å². The molecule has 2 N–H and O–H groups in total. The zero-order valence-corrected chi connectivity index (χ0v) is 16.6. The molecule has 1 unspecified atom stereocenters. The number of pyridine rings is 1. The number of urea groups is 1. The molecule has 3 heterocycles. The van der Waals surface area contributed by atoms with Gasteiger partial charge in [0.05, 0.1) is 17.5 Å². The molecule has 1 atom stereocenters. The monoisotopic (exact) mass is 394 g/mol. The average molecular weight is 394 g/mol. The highest BCUT2D eigenvalue weighted by atomic mass is 16.5. The Bertz CT molecular complexity index is 879. The molecule has 2 aliphatic heterocycles. The van der Waals surface area contributed by atoms with Crippen molar-refractivity contribution in [2.45, 2.75) is 44.3 Å². The smallest absolute Gasteiger partial charge is 0.321 e. The van der Waals surface area contributed by atoms with Crippen LogP contribution in [0.3, 0.4) is 0 Å². The number of benzene rings is 1. The standard InChI is InChI=1S/C22H26N4O3/c1-16-4-2-5-17(14-16)25-21(28)26-12-9-22(10-13-26)8-7-19(29-22)20(27)24-18-6-3-11-23-15-18/h2-6,11,14-15,19H,7-10,12-13H2,1H3,(H,24,27)(H,25,28). The van der Waals surface area contributed by atoms with E-state index in [0.29, 0.717) is 25.2 Å². The summed E-state index contributed by atoms with van der Waals surface area (Å²) in [5.74, 6) is -0.130. The minimum absolute atomic E-state index is 0.0886. The van der Waals surface area contributed by atoms with Gasteiger partial charge in [0, 0.05) is 25.0 Å². The van der Waals surface area contributed by atoms with Gasteiger partial charge in [-0.3, -0.25) is 9.78 Å². The van der Waals surface area contributed by atoms with Crippen LogP contribution in [0.4, 0.5) is 16.2 Å². The van der Waals surface area contributed by atoms with Gasteiger partial charge in [0.1, 0.15) is 6.10 Å². The Balaban J connectivity index is 1.29. The van der Waals surface area contributed by atoms with Gasteiger partial charge in [-0.1, -0.05) is 12.1 Å². The van der Waals surface area contributed by atoms with Crippen LogP contribution in [0.15, 0.2) is 48.8 Å². The van der Waals surface area contributed by atoms with E-state index < -0.39 is 6.10 Å². The maximum Gasteiger partial charge on any atom is 0.321 e. The minimum Gasteiger partial charge on any atom is -0.362 e. The average Bonchev–Trinajstić information content (AvgIpc) is 3.13. The lowest BCUT2D eigenvalue weighted by Gasteiger charge is -2.39. The second kappa shape index (κ2) is 8.21. The molecule has 0 saturated carbocycles. The zero-order valence-electron chi connectivity index (χ0n) is 16.6. The molecule has 152 valence electrons. The SMILES string of the molecule is Cc1cccc(NC(=O)N2CCC3(CCC(C(=O)Nc4cccnc4)O3)CC2)c1. The molecule has 2 aliphatic rings. The summed E-state index contributed by atoms with van der Waals surface area (Å²) < 4.78 is 6.20. The topological polar surface area (TPSA) is 83.6 Å². The second-order valence-electron chi connectivity index (χ2n) is 7.85. The number of hydrogen-bond acceptors (Lipinski definition) is 4. The van der Waals surface area contributed by atoms with Crippen molar-refractivity contribution < 1.29 is 14.3 Å². The predicted molar refractivity (Wildman–Crippen MR) is 111 cm³/mol. The molecule has 0 radical (unpaired) electrons. The number of nitrogens with one attached hydrogen (secondary N) is 2. The number of likely N-dealkylation sites (tertiary alicyclic amines) is 1. The predicted octanol–water partition coefficient (Wildman–Crippen LogP) is 3.57. The molecule has 4 rings (SSSR count). The number of nitrogens with zero attached hydrogens (tertiary/aromatic N) is 2. The van der Waals surface area contributed by atoms with E-state index >= 15 is 0 Å². The Morgan fingerprint density at radius 2 is 1.90 bits per heavy atom. The lowest BCUT2D eigenvalue weighted by atomic mass is 9.88. The molecule has 2 saturated heterocycles. The fraction of sp³-hybridized carbons (Fsp3) is 0.409. The highest BCUT2D eigenvalue weighted by molar-refractivity contribution is 5.94. The molecule has 0 aliphatic carbocycles. The van der Waals surface area contributed by atoms with Crippen molar-refractivity contribution in [1.82, 2.24) is 9.88 Å². The fourth-order valence-electron chi connectivity index (χ4n) is 4.07. The number of rotatable bonds is 3. The van der Waals surface area contributed by atoms with Crippen molar-refractivity contribution in [3.05, 3.63) is 54.4 Å². The summed E-state index contributed by atoms with van der Waals surface area (Å²) >= 11 is 0. The Labute approximate surface area is 170 Å². The van der Waals surface area contributed by atoms with Crippen LogP contribution < -0.4 is 10.6 Å². The summed E-state index contributed by atoms with van der Waals surface area (Å²) in [4.78, 5) is 30.9. The van der Waals surface area contributed by atoms with Gasteiger partial charge in [0.15, 0.2) is 0 Å². The maximum atomic E-state index is 12.6. The summed E-state index contributed by atoms with van der Waals surface area (Å²) in [5.41, 5.74) is 2.27. The largest absolute Gasteiger partial charge is 0.362 e. The van der Waals surface area contributed by atoms with Crippen molar-refractivity contribution in [1.29, 1.82) is 0 Å². The van der Waals surface area contributed by atoms with E-state index in [4.69, 9.17) is 4.74 Å². The number of hydrogen-bond donors (Lipinski definition) is 2. The first-order valence-corrected chi connectivity index (χ1v) is 10.0. The molecule has 7 nitrogen and oxygen atoms in total. The third-order valence-corrected chi connectivity index (χ3v) is 5.71. The Hall–Kier alpha value is -2.93. The van der Waals surface area contributed by atoms with Crippen molar-refractivity contribution in [3.63, 3.8) is 0 Å². The van der Waals surface area contributed by atoms with Gasteiger partial charge in [-0.15, -0.1) is 0 Å². The molecule has 7 heteroatoms. The number of anilines is 2. The maximum absolute atomic E-state index is 12.6. The first-order chi connectivity index (χ1) is 14.0. The number of piperidine rings is 1. The number of carbonyl (C=O) groups excluding carboxylic acids is 2. The van der Waals surface area contributed by atoms with E-state index in [1.165, 1.54) is 0 Å². The van der Waals surface area contributed by atoms with Gasteiger partial charge in [-0.05, 0) is 62.4 Å². The summed E-state index contributed by atoms with van der Waals surface area (Å²) in [6.07, 6.45) is 5.85. The van der Waals surface area contributed by atoms with Crippen LogP contribution in [-0.2, 0) is 9.53 Å². The molecule has 3 amide bonds. The summed E-state index contributed by atoms with van der Waals surface area (Å²) in [7, 11) is 0. The third kappa shape index (κ3) is 4.56. The number of ether oxygens (including phenoxy) is 1. The number of carbonyl (C=O) groups is 2. The van der Waals surface area contributed by atoms with E-state index in [-0.39, 0.29) is 17.5 Å². The quantitative estimate of drug-likeness (QED) is 0.834. The minimum atomic E-state index is -0.456. The molecule has 0 bridgehead atoms. The highest BCUT2D eigenvalue weighted by Gasteiger charge is 2.45. The van der Waals surface area contributed by atoms with E-state index in [1.54, 1.807) is 24.5 Å². The lowest BCUT2D eigenvalue weighted by Crippen LogP contribution is -2.48. The molecular weight excluding hydrogens is 368 g/mol.